The van der Waals surface area contributed by atoms with Gasteiger partial charge < -0.3 is 10.7 Å². The third-order valence-electron chi connectivity index (χ3n) is 4.25. The summed E-state index contributed by atoms with van der Waals surface area (Å²) in [5, 5.41) is 1.42. The van der Waals surface area contributed by atoms with Crippen molar-refractivity contribution in [2.75, 3.05) is 6.54 Å². The molecule has 2 nitrogen and oxygen atoms in total. The third kappa shape index (κ3) is 3.67. The lowest BCUT2D eigenvalue weighted by atomic mass is 9.97. The van der Waals surface area contributed by atoms with Crippen molar-refractivity contribution in [2.45, 2.75) is 25.4 Å². The van der Waals surface area contributed by atoms with Gasteiger partial charge >= 0.3 is 6.18 Å². The number of nitrogens with one attached hydrogen (secondary N) is 1. The topological polar surface area (TPSA) is 41.8 Å². The van der Waals surface area contributed by atoms with Crippen LogP contribution in [0.2, 0.25) is 5.02 Å². The molecule has 3 aromatic rings. The summed E-state index contributed by atoms with van der Waals surface area (Å²) >= 11 is 6.10. The molecule has 0 spiro atoms. The Morgan fingerprint density at radius 2 is 1.80 bits per heavy atom. The summed E-state index contributed by atoms with van der Waals surface area (Å²) in [6.07, 6.45) is -2.16. The van der Waals surface area contributed by atoms with Crippen LogP contribution in [0.4, 0.5) is 13.2 Å². The standard InChI is InChI=1S/C19H18ClF3N2/c20-12-8-9-17-15(11-12)13(5-3-4-10-24)18(25-17)14-6-1-2-7-16(14)19(21,22)23/h1-2,6-9,11,25H,3-5,10,24H2. The van der Waals surface area contributed by atoms with Gasteiger partial charge in [0.2, 0.25) is 0 Å². The van der Waals surface area contributed by atoms with Gasteiger partial charge in [-0.1, -0.05) is 29.8 Å². The minimum atomic E-state index is -4.42. The summed E-state index contributed by atoms with van der Waals surface area (Å²) in [5.41, 5.74) is 7.20. The van der Waals surface area contributed by atoms with Crippen LogP contribution in [0.1, 0.15) is 24.0 Å². The molecule has 0 aliphatic rings. The number of aromatic nitrogens is 1. The van der Waals surface area contributed by atoms with Crippen LogP contribution in [0, 0.1) is 0 Å². The lowest BCUT2D eigenvalue weighted by Crippen LogP contribution is -2.07. The zero-order chi connectivity index (χ0) is 18.0. The van der Waals surface area contributed by atoms with E-state index >= 15 is 0 Å². The van der Waals surface area contributed by atoms with E-state index in [2.05, 4.69) is 4.98 Å². The van der Waals surface area contributed by atoms with Crippen molar-refractivity contribution in [3.63, 3.8) is 0 Å². The van der Waals surface area contributed by atoms with Crippen LogP contribution in [-0.2, 0) is 12.6 Å². The van der Waals surface area contributed by atoms with Crippen LogP contribution in [-0.4, -0.2) is 11.5 Å². The van der Waals surface area contributed by atoms with E-state index in [-0.39, 0.29) is 5.56 Å². The van der Waals surface area contributed by atoms with Gasteiger partial charge in [0, 0.05) is 21.5 Å². The van der Waals surface area contributed by atoms with E-state index in [9.17, 15) is 13.2 Å². The molecule has 0 atom stereocenters. The molecule has 0 aliphatic heterocycles. The van der Waals surface area contributed by atoms with Gasteiger partial charge in [-0.2, -0.15) is 13.2 Å². The molecule has 1 aromatic heterocycles. The van der Waals surface area contributed by atoms with E-state index in [1.165, 1.54) is 12.1 Å². The maximum atomic E-state index is 13.4. The number of hydrogen-bond acceptors (Lipinski definition) is 1. The molecule has 132 valence electrons. The predicted octanol–water partition coefficient (Wildman–Crippen LogP) is 5.79. The Labute approximate surface area is 148 Å². The fourth-order valence-electron chi connectivity index (χ4n) is 3.10. The van der Waals surface area contributed by atoms with Crippen molar-refractivity contribution in [2.24, 2.45) is 5.73 Å². The SMILES string of the molecule is NCCCCc1c(-c2ccccc2C(F)(F)F)[nH]c2ccc(Cl)cc12. The monoisotopic (exact) mass is 366 g/mol. The highest BCUT2D eigenvalue weighted by Gasteiger charge is 2.34. The number of aromatic amines is 1. The van der Waals surface area contributed by atoms with Crippen molar-refractivity contribution in [3.05, 3.63) is 58.6 Å². The minimum Gasteiger partial charge on any atom is -0.354 e. The minimum absolute atomic E-state index is 0.157. The average Bonchev–Trinajstić information content (AvgIpc) is 2.92. The molecule has 0 saturated carbocycles. The molecule has 0 saturated heterocycles. The first-order valence-electron chi connectivity index (χ1n) is 8.08. The Kier molecular flexibility index (Phi) is 5.06. The number of nitrogens with two attached hydrogens (primary N) is 1. The number of fused-ring (bicyclic) bond motifs is 1. The van der Waals surface area contributed by atoms with E-state index in [1.54, 1.807) is 24.3 Å². The fraction of sp³-hybridized carbons (Fsp3) is 0.263. The number of benzene rings is 2. The normalized spacial score (nSPS) is 12.0. The molecule has 6 heteroatoms. The second-order valence-electron chi connectivity index (χ2n) is 5.96. The summed E-state index contributed by atoms with van der Waals surface area (Å²) in [7, 11) is 0. The maximum absolute atomic E-state index is 13.4. The van der Waals surface area contributed by atoms with Crippen LogP contribution < -0.4 is 5.73 Å². The summed E-state index contributed by atoms with van der Waals surface area (Å²) in [6.45, 7) is 0.553. The molecule has 0 fully saturated rings. The zero-order valence-corrected chi connectivity index (χ0v) is 14.2. The van der Waals surface area contributed by atoms with Crippen LogP contribution in [0.25, 0.3) is 22.2 Å². The van der Waals surface area contributed by atoms with E-state index in [4.69, 9.17) is 17.3 Å². The van der Waals surface area contributed by atoms with Crippen LogP contribution in [0.3, 0.4) is 0 Å². The number of aryl methyl sites for hydroxylation is 1. The number of alkyl halides is 3. The Bertz CT molecular complexity index is 884. The molecular weight excluding hydrogens is 349 g/mol. The van der Waals surface area contributed by atoms with Gasteiger partial charge in [0.15, 0.2) is 0 Å². The maximum Gasteiger partial charge on any atom is 0.417 e. The number of rotatable bonds is 5. The van der Waals surface area contributed by atoms with Gasteiger partial charge in [0.25, 0.3) is 0 Å². The molecule has 25 heavy (non-hydrogen) atoms. The molecule has 0 radical (unpaired) electrons. The Hall–Kier alpha value is -1.98. The highest BCUT2D eigenvalue weighted by Crippen LogP contribution is 2.40. The molecule has 2 aromatic carbocycles. The van der Waals surface area contributed by atoms with Gasteiger partial charge in [0.1, 0.15) is 0 Å². The van der Waals surface area contributed by atoms with Gasteiger partial charge in [-0.05, 0) is 55.6 Å². The first kappa shape index (κ1) is 17.8. The Morgan fingerprint density at radius 1 is 1.04 bits per heavy atom. The highest BCUT2D eigenvalue weighted by molar-refractivity contribution is 6.31. The fourth-order valence-corrected chi connectivity index (χ4v) is 3.28. The number of hydrogen-bond donors (Lipinski definition) is 2. The molecule has 0 aliphatic carbocycles. The van der Waals surface area contributed by atoms with Crippen molar-refractivity contribution in [3.8, 4) is 11.3 Å². The predicted molar refractivity (Wildman–Crippen MR) is 95.7 cm³/mol. The van der Waals surface area contributed by atoms with Crippen LogP contribution in [0.5, 0.6) is 0 Å². The van der Waals surface area contributed by atoms with E-state index in [0.717, 1.165) is 35.4 Å². The lowest BCUT2D eigenvalue weighted by molar-refractivity contribution is -0.137. The van der Waals surface area contributed by atoms with E-state index < -0.39 is 11.7 Å². The van der Waals surface area contributed by atoms with Crippen LogP contribution in [0.15, 0.2) is 42.5 Å². The molecule has 0 bridgehead atoms. The summed E-state index contributed by atoms with van der Waals surface area (Å²) in [4.78, 5) is 3.16. The molecule has 3 rings (SSSR count). The largest absolute Gasteiger partial charge is 0.417 e. The molecule has 0 unspecified atom stereocenters. The quantitative estimate of drug-likeness (QED) is 0.551. The first-order valence-corrected chi connectivity index (χ1v) is 8.46. The zero-order valence-electron chi connectivity index (χ0n) is 13.5. The van der Waals surface area contributed by atoms with Crippen molar-refractivity contribution in [1.29, 1.82) is 0 Å². The van der Waals surface area contributed by atoms with Crippen molar-refractivity contribution in [1.82, 2.24) is 4.98 Å². The van der Waals surface area contributed by atoms with Crippen molar-refractivity contribution < 1.29 is 13.2 Å². The van der Waals surface area contributed by atoms with Crippen molar-refractivity contribution >= 4 is 22.5 Å². The summed E-state index contributed by atoms with van der Waals surface area (Å²) < 4.78 is 40.3. The Morgan fingerprint density at radius 3 is 2.52 bits per heavy atom. The summed E-state index contributed by atoms with van der Waals surface area (Å²) in [5.74, 6) is 0. The second-order valence-corrected chi connectivity index (χ2v) is 6.39. The summed E-state index contributed by atoms with van der Waals surface area (Å²) in [6, 6.07) is 10.9. The second kappa shape index (κ2) is 7.10. The van der Waals surface area contributed by atoms with E-state index in [0.29, 0.717) is 23.7 Å². The number of unbranched alkanes of at least 4 members (excludes halogenated alkanes) is 1. The first-order chi connectivity index (χ1) is 11.9. The molecular formula is C19H18ClF3N2. The van der Waals surface area contributed by atoms with Gasteiger partial charge in [-0.15, -0.1) is 0 Å². The van der Waals surface area contributed by atoms with Gasteiger partial charge in [-0.25, -0.2) is 0 Å². The molecule has 1 heterocycles. The third-order valence-corrected chi connectivity index (χ3v) is 4.49. The number of halogens is 4. The van der Waals surface area contributed by atoms with Gasteiger partial charge in [0.05, 0.1) is 11.3 Å². The van der Waals surface area contributed by atoms with Gasteiger partial charge in [-0.3, -0.25) is 0 Å². The smallest absolute Gasteiger partial charge is 0.354 e. The highest BCUT2D eigenvalue weighted by atomic mass is 35.5. The molecule has 3 N–H and O–H groups in total. The van der Waals surface area contributed by atoms with E-state index in [1.807, 2.05) is 0 Å². The molecule has 0 amide bonds. The average molecular weight is 367 g/mol. The Balaban J connectivity index is 2.21. The lowest BCUT2D eigenvalue weighted by Gasteiger charge is -2.13. The number of H-pyrrole nitrogens is 1. The van der Waals surface area contributed by atoms with Crippen LogP contribution >= 0.6 is 11.6 Å².